The van der Waals surface area contributed by atoms with Gasteiger partial charge in [-0.3, -0.25) is 10.4 Å². The topological polar surface area (TPSA) is 95.9 Å². The van der Waals surface area contributed by atoms with Crippen molar-refractivity contribution in [3.05, 3.63) is 47.7 Å². The summed E-state index contributed by atoms with van der Waals surface area (Å²) in [5, 5.41) is 8.75. The SMILES string of the molecule is CCCC(=N)S(=O)(=O)Oc1cncc(-c2cc3ccc(Cl)cc3[nH]2)c1. The fraction of sp³-hybridized carbons (Fsp3) is 0.176. The van der Waals surface area contributed by atoms with Crippen LogP contribution in [0.4, 0.5) is 0 Å². The number of rotatable bonds is 5. The van der Waals surface area contributed by atoms with Gasteiger partial charge in [-0.2, -0.15) is 8.42 Å². The van der Waals surface area contributed by atoms with Crippen molar-refractivity contribution in [3.63, 3.8) is 0 Å². The Morgan fingerprint density at radius 2 is 2.08 bits per heavy atom. The molecular formula is C17H16ClN3O3S. The highest BCUT2D eigenvalue weighted by atomic mass is 35.5. The fourth-order valence-electron chi connectivity index (χ4n) is 2.40. The number of aromatic nitrogens is 2. The first-order valence-electron chi connectivity index (χ1n) is 7.64. The number of nitrogens with zero attached hydrogens (tertiary/aromatic N) is 1. The lowest BCUT2D eigenvalue weighted by atomic mass is 10.2. The summed E-state index contributed by atoms with van der Waals surface area (Å²) >= 11 is 5.99. The van der Waals surface area contributed by atoms with Crippen molar-refractivity contribution in [2.24, 2.45) is 0 Å². The van der Waals surface area contributed by atoms with Crippen LogP contribution >= 0.6 is 11.6 Å². The molecule has 2 N–H and O–H groups in total. The highest BCUT2D eigenvalue weighted by Gasteiger charge is 2.20. The molecule has 0 saturated heterocycles. The predicted octanol–water partition coefficient (Wildman–Crippen LogP) is 4.37. The second-order valence-corrected chi connectivity index (χ2v) is 7.54. The first-order chi connectivity index (χ1) is 11.9. The number of hydrogen-bond acceptors (Lipinski definition) is 5. The number of fused-ring (bicyclic) bond motifs is 1. The molecule has 0 radical (unpaired) electrons. The molecule has 0 saturated carbocycles. The molecule has 2 aromatic heterocycles. The van der Waals surface area contributed by atoms with Gasteiger partial charge in [0.1, 0.15) is 0 Å². The molecule has 0 aliphatic carbocycles. The molecule has 0 aliphatic rings. The van der Waals surface area contributed by atoms with Gasteiger partial charge in [-0.25, -0.2) is 0 Å². The number of H-pyrrole nitrogens is 1. The number of aromatic amines is 1. The van der Waals surface area contributed by atoms with E-state index in [1.54, 1.807) is 25.3 Å². The van der Waals surface area contributed by atoms with E-state index < -0.39 is 15.2 Å². The molecule has 2 heterocycles. The second kappa shape index (κ2) is 6.85. The lowest BCUT2D eigenvalue weighted by molar-refractivity contribution is 0.498. The molecule has 8 heteroatoms. The van der Waals surface area contributed by atoms with Crippen LogP contribution in [0.3, 0.4) is 0 Å². The van der Waals surface area contributed by atoms with E-state index in [2.05, 4.69) is 9.97 Å². The van der Waals surface area contributed by atoms with E-state index in [0.29, 0.717) is 17.0 Å². The van der Waals surface area contributed by atoms with Gasteiger partial charge in [0.05, 0.1) is 6.20 Å². The smallest absolute Gasteiger partial charge is 0.352 e. The van der Waals surface area contributed by atoms with E-state index in [-0.39, 0.29) is 12.2 Å². The van der Waals surface area contributed by atoms with Gasteiger partial charge in [0, 0.05) is 39.8 Å². The Balaban J connectivity index is 1.91. The quantitative estimate of drug-likeness (QED) is 0.392. The van der Waals surface area contributed by atoms with Crippen LogP contribution in [0.25, 0.3) is 22.2 Å². The van der Waals surface area contributed by atoms with Gasteiger partial charge >= 0.3 is 10.1 Å². The lowest BCUT2D eigenvalue weighted by Gasteiger charge is -2.08. The minimum atomic E-state index is -4.09. The largest absolute Gasteiger partial charge is 0.376 e. The molecule has 0 unspecified atom stereocenters. The minimum absolute atomic E-state index is 0.0649. The maximum absolute atomic E-state index is 12.0. The van der Waals surface area contributed by atoms with Crippen LogP contribution in [0.2, 0.25) is 5.02 Å². The molecule has 6 nitrogen and oxygen atoms in total. The predicted molar refractivity (Wildman–Crippen MR) is 98.7 cm³/mol. The van der Waals surface area contributed by atoms with Crippen molar-refractivity contribution in [3.8, 4) is 17.0 Å². The molecule has 0 spiro atoms. The Morgan fingerprint density at radius 1 is 1.28 bits per heavy atom. The van der Waals surface area contributed by atoms with Crippen molar-refractivity contribution in [2.45, 2.75) is 19.8 Å². The van der Waals surface area contributed by atoms with Crippen molar-refractivity contribution in [1.29, 1.82) is 5.41 Å². The van der Waals surface area contributed by atoms with Crippen molar-refractivity contribution in [1.82, 2.24) is 9.97 Å². The van der Waals surface area contributed by atoms with Gasteiger partial charge in [0.25, 0.3) is 0 Å². The van der Waals surface area contributed by atoms with Gasteiger partial charge in [-0.15, -0.1) is 0 Å². The molecule has 3 aromatic rings. The van der Waals surface area contributed by atoms with Gasteiger partial charge in [0.2, 0.25) is 0 Å². The highest BCUT2D eigenvalue weighted by Crippen LogP contribution is 2.28. The van der Waals surface area contributed by atoms with E-state index in [9.17, 15) is 8.42 Å². The molecule has 0 aliphatic heterocycles. The van der Waals surface area contributed by atoms with E-state index in [0.717, 1.165) is 16.6 Å². The Bertz CT molecular complexity index is 1040. The van der Waals surface area contributed by atoms with Crippen LogP contribution < -0.4 is 4.18 Å². The van der Waals surface area contributed by atoms with Gasteiger partial charge in [-0.05, 0) is 30.7 Å². The Labute approximate surface area is 150 Å². The molecule has 0 fully saturated rings. The maximum Gasteiger partial charge on any atom is 0.352 e. The zero-order chi connectivity index (χ0) is 18.0. The summed E-state index contributed by atoms with van der Waals surface area (Å²) in [4.78, 5) is 7.25. The third kappa shape index (κ3) is 3.83. The molecule has 1 aromatic carbocycles. The van der Waals surface area contributed by atoms with Crippen LogP contribution in [0, 0.1) is 5.41 Å². The first kappa shape index (κ1) is 17.4. The van der Waals surface area contributed by atoms with Crippen molar-refractivity contribution in [2.75, 3.05) is 0 Å². The van der Waals surface area contributed by atoms with Crippen molar-refractivity contribution >= 4 is 37.7 Å². The molecule has 130 valence electrons. The van der Waals surface area contributed by atoms with Crippen LogP contribution in [0.5, 0.6) is 5.75 Å². The summed E-state index contributed by atoms with van der Waals surface area (Å²) in [7, 11) is -4.09. The van der Waals surface area contributed by atoms with E-state index in [1.807, 2.05) is 18.2 Å². The molecule has 0 amide bonds. The Morgan fingerprint density at radius 3 is 2.84 bits per heavy atom. The van der Waals surface area contributed by atoms with Gasteiger partial charge < -0.3 is 9.17 Å². The number of hydrogen-bond donors (Lipinski definition) is 2. The maximum atomic E-state index is 12.0. The van der Waals surface area contributed by atoms with Crippen molar-refractivity contribution < 1.29 is 12.6 Å². The summed E-state index contributed by atoms with van der Waals surface area (Å²) in [5.41, 5.74) is 2.30. The lowest BCUT2D eigenvalue weighted by Crippen LogP contribution is -2.19. The Kier molecular flexibility index (Phi) is 4.78. The normalized spacial score (nSPS) is 11.6. The minimum Gasteiger partial charge on any atom is -0.376 e. The molecule has 25 heavy (non-hydrogen) atoms. The number of benzene rings is 1. The standard InChI is InChI=1S/C17H16ClN3O3S/c1-2-3-17(19)25(22,23)24-14-6-12(9-20-10-14)15-7-11-4-5-13(18)8-16(11)21-15/h4-10,19,21H,2-3H2,1H3. The Hall–Kier alpha value is -2.38. The summed E-state index contributed by atoms with van der Waals surface area (Å²) in [6, 6.07) is 8.98. The molecule has 3 rings (SSSR count). The van der Waals surface area contributed by atoms with Gasteiger partial charge in [0.15, 0.2) is 10.8 Å². The summed E-state index contributed by atoms with van der Waals surface area (Å²) in [6.45, 7) is 1.80. The number of halogens is 1. The average Bonchev–Trinajstić information content (AvgIpc) is 2.98. The fourth-order valence-corrected chi connectivity index (χ4v) is 3.47. The van der Waals surface area contributed by atoms with Crippen LogP contribution in [-0.2, 0) is 10.1 Å². The van der Waals surface area contributed by atoms with Gasteiger partial charge in [-0.1, -0.05) is 24.6 Å². The first-order valence-corrected chi connectivity index (χ1v) is 9.43. The zero-order valence-corrected chi connectivity index (χ0v) is 15.0. The summed E-state index contributed by atoms with van der Waals surface area (Å²) in [6.07, 6.45) is 3.60. The van der Waals surface area contributed by atoms with Crippen LogP contribution in [0.1, 0.15) is 19.8 Å². The van der Waals surface area contributed by atoms with E-state index in [4.69, 9.17) is 21.2 Å². The third-order valence-corrected chi connectivity index (χ3v) is 5.05. The molecule has 0 bridgehead atoms. The average molecular weight is 378 g/mol. The van der Waals surface area contributed by atoms with Crippen LogP contribution in [-0.4, -0.2) is 23.4 Å². The highest BCUT2D eigenvalue weighted by molar-refractivity contribution is 8.02. The molecular weight excluding hydrogens is 362 g/mol. The summed E-state index contributed by atoms with van der Waals surface area (Å²) in [5.74, 6) is 0.0649. The molecule has 0 atom stereocenters. The number of pyridine rings is 1. The zero-order valence-electron chi connectivity index (χ0n) is 13.4. The monoisotopic (exact) mass is 377 g/mol. The number of nitrogens with one attached hydrogen (secondary N) is 2. The summed E-state index contributed by atoms with van der Waals surface area (Å²) < 4.78 is 29.1. The second-order valence-electron chi connectivity index (χ2n) is 5.53. The van der Waals surface area contributed by atoms with E-state index in [1.165, 1.54) is 6.20 Å². The van der Waals surface area contributed by atoms with E-state index >= 15 is 0 Å². The third-order valence-electron chi connectivity index (χ3n) is 3.59. The van der Waals surface area contributed by atoms with Crippen LogP contribution in [0.15, 0.2) is 42.7 Å².